The van der Waals surface area contributed by atoms with Crippen LogP contribution in [0.1, 0.15) is 12.8 Å². The Balaban J connectivity index is 1.38. The van der Waals surface area contributed by atoms with Crippen molar-refractivity contribution in [1.82, 2.24) is 25.5 Å². The molecule has 1 aliphatic heterocycles. The molecule has 0 unspecified atom stereocenters. The first-order valence-corrected chi connectivity index (χ1v) is 11.4. The van der Waals surface area contributed by atoms with E-state index in [0.29, 0.717) is 11.6 Å². The van der Waals surface area contributed by atoms with E-state index in [1.807, 2.05) is 12.1 Å². The number of fused-ring (bicyclic) bond motifs is 1. The van der Waals surface area contributed by atoms with E-state index < -0.39 is 0 Å². The quantitative estimate of drug-likeness (QED) is 0.376. The van der Waals surface area contributed by atoms with Crippen LogP contribution in [0.3, 0.4) is 0 Å². The highest BCUT2D eigenvalue weighted by molar-refractivity contribution is 7.29. The number of H-pyrrole nitrogens is 1. The molecular formula is C20H22N6O2S2. The minimum atomic E-state index is 0.144. The van der Waals surface area contributed by atoms with Crippen molar-refractivity contribution in [1.29, 1.82) is 0 Å². The highest BCUT2D eigenvalue weighted by atomic mass is 32.1. The Labute approximate surface area is 181 Å². The molecule has 4 heterocycles. The lowest BCUT2D eigenvalue weighted by Gasteiger charge is -2.35. The van der Waals surface area contributed by atoms with E-state index in [0.717, 1.165) is 50.3 Å². The van der Waals surface area contributed by atoms with Gasteiger partial charge in [0.15, 0.2) is 14.8 Å². The van der Waals surface area contributed by atoms with Crippen molar-refractivity contribution in [2.75, 3.05) is 25.1 Å². The number of aliphatic hydroxyl groups is 1. The molecule has 8 nitrogen and oxygen atoms in total. The lowest BCUT2D eigenvalue weighted by atomic mass is 9.99. The molecule has 2 atom stereocenters. The van der Waals surface area contributed by atoms with Crippen LogP contribution in [-0.2, 0) is 0 Å². The highest BCUT2D eigenvalue weighted by Gasteiger charge is 2.26. The fourth-order valence-corrected chi connectivity index (χ4v) is 5.94. The fraction of sp³-hybridized carbons (Fsp3) is 0.350. The number of phenols is 1. The molecule has 10 heteroatoms. The Morgan fingerprint density at radius 3 is 2.80 bits per heavy atom. The van der Waals surface area contributed by atoms with Crippen LogP contribution in [0.2, 0.25) is 0 Å². The van der Waals surface area contributed by atoms with E-state index in [2.05, 4.69) is 27.5 Å². The molecule has 5 rings (SSSR count). The molecular weight excluding hydrogens is 420 g/mol. The normalized spacial score (nSPS) is 19.4. The first kappa shape index (κ1) is 19.4. The van der Waals surface area contributed by atoms with Crippen LogP contribution in [-0.4, -0.2) is 62.7 Å². The van der Waals surface area contributed by atoms with Crippen LogP contribution in [0.5, 0.6) is 5.75 Å². The van der Waals surface area contributed by atoms with Gasteiger partial charge in [-0.05, 0) is 37.1 Å². The molecule has 4 aromatic rings. The number of nitrogens with one attached hydrogen (secondary N) is 2. The molecule has 156 valence electrons. The van der Waals surface area contributed by atoms with Gasteiger partial charge in [0.2, 0.25) is 0 Å². The molecule has 0 radical (unpaired) electrons. The number of thiazole rings is 2. The second kappa shape index (κ2) is 7.95. The van der Waals surface area contributed by atoms with Gasteiger partial charge >= 0.3 is 0 Å². The average molecular weight is 443 g/mol. The Hall–Kier alpha value is -2.53. The summed E-state index contributed by atoms with van der Waals surface area (Å²) in [7, 11) is 2.06. The Morgan fingerprint density at radius 1 is 1.20 bits per heavy atom. The van der Waals surface area contributed by atoms with E-state index in [4.69, 9.17) is 9.97 Å². The average Bonchev–Trinajstić information content (AvgIpc) is 3.49. The van der Waals surface area contributed by atoms with Crippen LogP contribution < -0.4 is 10.2 Å². The number of phenolic OH excluding ortho intramolecular Hbond substituents is 1. The van der Waals surface area contributed by atoms with Crippen LogP contribution in [0, 0.1) is 0 Å². The van der Waals surface area contributed by atoms with Gasteiger partial charge in [-0.3, -0.25) is 5.10 Å². The zero-order chi connectivity index (χ0) is 20.7. The Bertz CT molecular complexity index is 1120. The molecule has 1 fully saturated rings. The number of hydrogen-bond acceptors (Lipinski definition) is 9. The Kier molecular flexibility index (Phi) is 5.15. The maximum absolute atomic E-state index is 10.6. The van der Waals surface area contributed by atoms with Crippen molar-refractivity contribution < 1.29 is 10.2 Å². The lowest BCUT2D eigenvalue weighted by molar-refractivity contribution is 0.209. The van der Waals surface area contributed by atoms with Gasteiger partial charge in [-0.25, -0.2) is 9.97 Å². The summed E-state index contributed by atoms with van der Waals surface area (Å²) < 4.78 is 0. The molecule has 0 saturated carbocycles. The number of nitrogens with zero attached hydrogens (tertiary/aromatic N) is 4. The molecule has 1 saturated heterocycles. The molecule has 0 bridgehead atoms. The van der Waals surface area contributed by atoms with Crippen molar-refractivity contribution in [2.24, 2.45) is 0 Å². The molecule has 1 aromatic carbocycles. The summed E-state index contributed by atoms with van der Waals surface area (Å²) in [6, 6.07) is 6.07. The van der Waals surface area contributed by atoms with Crippen LogP contribution in [0.25, 0.3) is 31.4 Å². The third-order valence-electron chi connectivity index (χ3n) is 5.56. The second-order valence-corrected chi connectivity index (χ2v) is 9.40. The third-order valence-corrected chi connectivity index (χ3v) is 7.71. The highest BCUT2D eigenvalue weighted by Crippen LogP contribution is 2.40. The number of benzene rings is 1. The van der Waals surface area contributed by atoms with Crippen molar-refractivity contribution >= 4 is 37.5 Å². The predicted octanol–water partition coefficient (Wildman–Crippen LogP) is 3.06. The summed E-state index contributed by atoms with van der Waals surface area (Å²) >= 11 is 3.06. The maximum atomic E-state index is 10.6. The summed E-state index contributed by atoms with van der Waals surface area (Å²) in [6.45, 7) is 1.06. The van der Waals surface area contributed by atoms with E-state index in [1.54, 1.807) is 29.8 Å². The van der Waals surface area contributed by atoms with E-state index in [9.17, 15) is 10.2 Å². The minimum absolute atomic E-state index is 0.144. The number of aliphatic hydroxyl groups excluding tert-OH is 1. The first-order chi connectivity index (χ1) is 14.6. The summed E-state index contributed by atoms with van der Waals surface area (Å²) in [5, 5.41) is 31.8. The summed E-state index contributed by atoms with van der Waals surface area (Å²) in [5.41, 5.74) is 2.53. The number of anilines is 1. The zero-order valence-electron chi connectivity index (χ0n) is 16.4. The summed E-state index contributed by atoms with van der Waals surface area (Å²) in [5.74, 6) is 0.192. The van der Waals surface area contributed by atoms with Gasteiger partial charge in [0, 0.05) is 30.9 Å². The maximum Gasteiger partial charge on any atom is 0.188 e. The SMILES string of the molecule is CN(c1nc2sc(-c3ccc(-c4cn[nH]c4)cc3O)nc2s1)[C@H]1CCN[C@@H](CO)C1. The number of piperidine rings is 1. The van der Waals surface area contributed by atoms with Gasteiger partial charge in [0.1, 0.15) is 10.8 Å². The summed E-state index contributed by atoms with van der Waals surface area (Å²) in [4.78, 5) is 13.5. The molecule has 4 N–H and O–H groups in total. The topological polar surface area (TPSA) is 110 Å². The minimum Gasteiger partial charge on any atom is -0.507 e. The first-order valence-electron chi connectivity index (χ1n) is 9.79. The van der Waals surface area contributed by atoms with Crippen LogP contribution in [0.4, 0.5) is 5.13 Å². The van der Waals surface area contributed by atoms with Crippen molar-refractivity contribution in [3.05, 3.63) is 30.6 Å². The molecule has 0 amide bonds. The van der Waals surface area contributed by atoms with Crippen LogP contribution in [0.15, 0.2) is 30.6 Å². The lowest BCUT2D eigenvalue weighted by Crippen LogP contribution is -2.48. The van der Waals surface area contributed by atoms with Crippen LogP contribution >= 0.6 is 22.7 Å². The summed E-state index contributed by atoms with van der Waals surface area (Å²) in [6.07, 6.45) is 5.44. The number of hydrogen-bond donors (Lipinski definition) is 4. The number of rotatable bonds is 5. The fourth-order valence-electron chi connectivity index (χ4n) is 3.83. The zero-order valence-corrected chi connectivity index (χ0v) is 18.0. The predicted molar refractivity (Wildman–Crippen MR) is 120 cm³/mol. The number of aromatic hydroxyl groups is 1. The molecule has 30 heavy (non-hydrogen) atoms. The number of aromatic nitrogens is 4. The van der Waals surface area contributed by atoms with Gasteiger partial charge in [-0.2, -0.15) is 5.10 Å². The molecule has 3 aromatic heterocycles. The van der Waals surface area contributed by atoms with E-state index >= 15 is 0 Å². The second-order valence-electron chi connectivity index (χ2n) is 7.47. The molecule has 0 aliphatic carbocycles. The van der Waals surface area contributed by atoms with Gasteiger partial charge in [0.25, 0.3) is 0 Å². The van der Waals surface area contributed by atoms with Gasteiger partial charge in [-0.15, -0.1) is 0 Å². The monoisotopic (exact) mass is 442 g/mol. The molecule has 1 aliphatic rings. The van der Waals surface area contributed by atoms with Gasteiger partial charge < -0.3 is 20.4 Å². The smallest absolute Gasteiger partial charge is 0.188 e. The molecule has 0 spiro atoms. The third kappa shape index (κ3) is 3.56. The standard InChI is InChI=1S/C20H22N6O2S2/c1-26(14-4-5-21-13(7-14)10-27)20-25-19-18(30-20)24-17(29-19)15-3-2-11(6-16(15)28)12-8-22-23-9-12/h2-3,6,8-9,13-14,21,27-28H,4-5,7,10H2,1H3,(H,22,23)/t13-,14+/m1/s1. The largest absolute Gasteiger partial charge is 0.507 e. The Morgan fingerprint density at radius 2 is 2.07 bits per heavy atom. The van der Waals surface area contributed by atoms with Gasteiger partial charge in [-0.1, -0.05) is 28.7 Å². The van der Waals surface area contributed by atoms with Crippen molar-refractivity contribution in [3.8, 4) is 27.4 Å². The van der Waals surface area contributed by atoms with Crippen molar-refractivity contribution in [2.45, 2.75) is 24.9 Å². The van der Waals surface area contributed by atoms with Crippen molar-refractivity contribution in [3.63, 3.8) is 0 Å². The number of aromatic amines is 1. The van der Waals surface area contributed by atoms with Gasteiger partial charge in [0.05, 0.1) is 18.4 Å². The van der Waals surface area contributed by atoms with E-state index in [1.165, 1.54) is 11.3 Å². The van der Waals surface area contributed by atoms with E-state index in [-0.39, 0.29) is 18.4 Å².